The summed E-state index contributed by atoms with van der Waals surface area (Å²) in [5.41, 5.74) is 9.84. The molecule has 3 aromatic carbocycles. The van der Waals surface area contributed by atoms with E-state index in [1.165, 1.54) is 16.9 Å². The number of carbonyl (C=O) groups is 3. The molecule has 3 fully saturated rings. The fourth-order valence-corrected chi connectivity index (χ4v) is 9.26. The zero-order valence-electron chi connectivity index (χ0n) is 36.4. The zero-order valence-corrected chi connectivity index (χ0v) is 36.4. The third-order valence-electron chi connectivity index (χ3n) is 12.8. The lowest BCUT2D eigenvalue weighted by Crippen LogP contribution is -2.49. The summed E-state index contributed by atoms with van der Waals surface area (Å²) in [4.78, 5) is 63.4. The first-order valence-corrected chi connectivity index (χ1v) is 21.8. The number of urea groups is 1. The Morgan fingerprint density at radius 3 is 2.32 bits per heavy atom. The molecule has 3 aromatic heterocycles. The Bertz CT molecular complexity index is 2650. The van der Waals surface area contributed by atoms with Gasteiger partial charge in [0.25, 0.3) is 0 Å². The molecule has 4 amide bonds. The van der Waals surface area contributed by atoms with Crippen molar-refractivity contribution in [3.05, 3.63) is 89.3 Å². The minimum absolute atomic E-state index is 0.0437. The molecule has 6 aromatic rings. The lowest BCUT2D eigenvalue weighted by atomic mass is 9.95. The highest BCUT2D eigenvalue weighted by Gasteiger charge is 2.28. The van der Waals surface area contributed by atoms with Crippen molar-refractivity contribution < 1.29 is 18.9 Å². The second-order valence-electron chi connectivity index (χ2n) is 18.2. The Morgan fingerprint density at radius 2 is 1.63 bits per heavy atom. The minimum atomic E-state index is -0.404. The first kappa shape index (κ1) is 41.0. The fourth-order valence-electron chi connectivity index (χ4n) is 9.26. The lowest BCUT2D eigenvalue weighted by Gasteiger charge is -2.40. The summed E-state index contributed by atoms with van der Waals surface area (Å²) in [6.07, 6.45) is 4.25. The monoisotopic (exact) mass is 837 g/mol. The molecule has 6 heterocycles. The Kier molecular flexibility index (Phi) is 10.9. The zero-order chi connectivity index (χ0) is 43.3. The van der Waals surface area contributed by atoms with Gasteiger partial charge in [-0.3, -0.25) is 24.7 Å². The Labute approximate surface area is 361 Å². The maximum atomic E-state index is 13.0. The van der Waals surface area contributed by atoms with Crippen LogP contribution < -0.4 is 25.3 Å². The molecule has 0 saturated carbocycles. The van der Waals surface area contributed by atoms with Gasteiger partial charge in [-0.2, -0.15) is 4.98 Å². The van der Waals surface area contributed by atoms with Crippen LogP contribution in [0.25, 0.3) is 33.2 Å². The predicted molar refractivity (Wildman–Crippen MR) is 241 cm³/mol. The van der Waals surface area contributed by atoms with Crippen LogP contribution in [0.5, 0.6) is 0 Å². The van der Waals surface area contributed by atoms with E-state index in [2.05, 4.69) is 88.8 Å². The van der Waals surface area contributed by atoms with Gasteiger partial charge in [0.2, 0.25) is 5.91 Å². The van der Waals surface area contributed by atoms with Gasteiger partial charge >= 0.3 is 17.8 Å². The van der Waals surface area contributed by atoms with E-state index in [4.69, 9.17) is 9.51 Å². The quantitative estimate of drug-likeness (QED) is 0.137. The summed E-state index contributed by atoms with van der Waals surface area (Å²) >= 11 is 0. The molecule has 0 aliphatic carbocycles. The summed E-state index contributed by atoms with van der Waals surface area (Å²) in [6.45, 7) is 19.7. The standard InChI is InChI=1S/C47H55N11O4/c1-28-23-32(7-12-35(28)30(3)50-43(60)44-53-45(54-62-44)47(4,5)6)41-40-36-24-29(2)38(25-37(36)51-42(40)49-27-48-41)57-21-19-55(20-22-57)26-31-13-16-56(17-14-31)33-8-10-34(11-9-33)58-18-15-39(59)52-46(58)61/h7-12,23-25,27,30-31H,13-22,26H2,1-6H3,(H,50,60)(H,48,49,51)(H,52,59,61)/t30-/m1/s1. The van der Waals surface area contributed by atoms with Gasteiger partial charge < -0.3 is 24.6 Å². The largest absolute Gasteiger partial charge is 0.372 e. The second kappa shape index (κ2) is 16.5. The van der Waals surface area contributed by atoms with Crippen molar-refractivity contribution in [1.29, 1.82) is 0 Å². The first-order chi connectivity index (χ1) is 29.8. The topological polar surface area (TPSA) is 169 Å². The Morgan fingerprint density at radius 1 is 0.887 bits per heavy atom. The second-order valence-corrected chi connectivity index (χ2v) is 18.2. The van der Waals surface area contributed by atoms with Crippen molar-refractivity contribution in [2.75, 3.05) is 67.1 Å². The van der Waals surface area contributed by atoms with E-state index in [1.807, 2.05) is 52.8 Å². The molecule has 1 atom stereocenters. The van der Waals surface area contributed by atoms with Crippen molar-refractivity contribution in [2.24, 2.45) is 5.92 Å². The summed E-state index contributed by atoms with van der Waals surface area (Å²) < 4.78 is 5.27. The maximum absolute atomic E-state index is 13.0. The number of fused-ring (bicyclic) bond motifs is 3. The van der Waals surface area contributed by atoms with Gasteiger partial charge in [-0.05, 0) is 98.7 Å². The molecule has 0 spiro atoms. The molecule has 9 rings (SSSR count). The number of H-pyrrole nitrogens is 1. The third-order valence-corrected chi connectivity index (χ3v) is 12.8. The highest BCUT2D eigenvalue weighted by molar-refractivity contribution is 6.13. The molecular weight excluding hydrogens is 783 g/mol. The molecule has 62 heavy (non-hydrogen) atoms. The molecule has 3 N–H and O–H groups in total. The van der Waals surface area contributed by atoms with E-state index in [-0.39, 0.29) is 29.3 Å². The average molecular weight is 838 g/mol. The number of benzene rings is 3. The number of piperazine rings is 1. The van der Waals surface area contributed by atoms with Crippen molar-refractivity contribution in [3.63, 3.8) is 0 Å². The van der Waals surface area contributed by atoms with Crippen LogP contribution in [0.2, 0.25) is 0 Å². The number of carbonyl (C=O) groups excluding carboxylic acids is 3. The van der Waals surface area contributed by atoms with Gasteiger partial charge in [-0.25, -0.2) is 14.8 Å². The number of piperidine rings is 1. The van der Waals surface area contributed by atoms with Gasteiger partial charge in [0.05, 0.1) is 17.1 Å². The number of aromatic nitrogens is 5. The van der Waals surface area contributed by atoms with Crippen molar-refractivity contribution in [3.8, 4) is 11.3 Å². The first-order valence-electron chi connectivity index (χ1n) is 21.8. The van der Waals surface area contributed by atoms with Gasteiger partial charge in [0.15, 0.2) is 5.82 Å². The van der Waals surface area contributed by atoms with Crippen LogP contribution in [0.1, 0.15) is 86.2 Å². The van der Waals surface area contributed by atoms with Crippen molar-refractivity contribution in [1.82, 2.24) is 40.6 Å². The molecule has 3 aliphatic heterocycles. The maximum Gasteiger partial charge on any atom is 0.328 e. The number of hydrogen-bond donors (Lipinski definition) is 3. The van der Waals surface area contributed by atoms with E-state index in [0.717, 1.165) is 109 Å². The molecule has 3 saturated heterocycles. The van der Waals surface area contributed by atoms with Crippen LogP contribution in [0, 0.1) is 19.8 Å². The molecule has 0 unspecified atom stereocenters. The van der Waals surface area contributed by atoms with Crippen LogP contribution in [0.15, 0.2) is 65.4 Å². The number of rotatable bonds is 9. The number of anilines is 3. The smallest absolute Gasteiger partial charge is 0.328 e. The molecule has 0 bridgehead atoms. The van der Waals surface area contributed by atoms with Crippen LogP contribution in [0.4, 0.5) is 21.9 Å². The predicted octanol–water partition coefficient (Wildman–Crippen LogP) is 7.05. The van der Waals surface area contributed by atoms with Crippen LogP contribution >= 0.6 is 0 Å². The molecule has 15 heteroatoms. The van der Waals surface area contributed by atoms with Gasteiger partial charge in [0.1, 0.15) is 12.0 Å². The van der Waals surface area contributed by atoms with E-state index < -0.39 is 5.91 Å². The normalized spacial score (nSPS) is 17.5. The molecule has 15 nitrogen and oxygen atoms in total. The summed E-state index contributed by atoms with van der Waals surface area (Å²) in [7, 11) is 0. The molecule has 0 radical (unpaired) electrons. The summed E-state index contributed by atoms with van der Waals surface area (Å²) in [5, 5.41) is 11.5. The summed E-state index contributed by atoms with van der Waals surface area (Å²) in [5.74, 6) is 0.491. The minimum Gasteiger partial charge on any atom is -0.372 e. The van der Waals surface area contributed by atoms with Crippen molar-refractivity contribution in [2.45, 2.75) is 72.3 Å². The average Bonchev–Trinajstić information content (AvgIpc) is 3.91. The van der Waals surface area contributed by atoms with Gasteiger partial charge in [-0.1, -0.05) is 38.1 Å². The SMILES string of the molecule is Cc1cc(-c2ncnc3[nH]c4cc(N5CCN(CC6CCN(c7ccc(N8CCC(=O)NC8=O)cc7)CC6)CC5)c(C)cc4c23)ccc1[C@@H](C)NC(=O)c1nc(C(C)(C)C)no1. The Balaban J connectivity index is 0.816. The number of aromatic amines is 1. The van der Waals surface area contributed by atoms with E-state index >= 15 is 0 Å². The Hall–Kier alpha value is -6.35. The fraction of sp³-hybridized carbons (Fsp3) is 0.426. The molecule has 322 valence electrons. The number of hydrogen-bond acceptors (Lipinski definition) is 11. The highest BCUT2D eigenvalue weighted by atomic mass is 16.5. The number of aryl methyl sites for hydroxylation is 2. The molecular formula is C47H55N11O4. The lowest BCUT2D eigenvalue weighted by molar-refractivity contribution is -0.120. The van der Waals surface area contributed by atoms with E-state index in [0.29, 0.717) is 24.7 Å². The number of imide groups is 1. The summed E-state index contributed by atoms with van der Waals surface area (Å²) in [6, 6.07) is 18.3. The number of nitrogens with one attached hydrogen (secondary N) is 3. The van der Waals surface area contributed by atoms with Crippen LogP contribution in [-0.2, 0) is 10.2 Å². The molecule has 3 aliphatic rings. The van der Waals surface area contributed by atoms with E-state index in [9.17, 15) is 14.4 Å². The highest BCUT2D eigenvalue weighted by Crippen LogP contribution is 2.37. The van der Waals surface area contributed by atoms with Crippen molar-refractivity contribution >= 4 is 56.8 Å². The number of amides is 4. The van der Waals surface area contributed by atoms with Gasteiger partial charge in [0, 0.05) is 97.7 Å². The van der Waals surface area contributed by atoms with Gasteiger partial charge in [-0.15, -0.1) is 0 Å². The number of nitrogens with zero attached hydrogens (tertiary/aromatic N) is 8. The van der Waals surface area contributed by atoms with E-state index in [1.54, 1.807) is 11.2 Å². The third kappa shape index (κ3) is 8.20. The van der Waals surface area contributed by atoms with Crippen LogP contribution in [-0.4, -0.2) is 100 Å². The van der Waals surface area contributed by atoms with Crippen LogP contribution in [0.3, 0.4) is 0 Å².